The van der Waals surface area contributed by atoms with Gasteiger partial charge in [-0.1, -0.05) is 48.6 Å². The highest BCUT2D eigenvalue weighted by atomic mass is 14.7. The zero-order valence-corrected chi connectivity index (χ0v) is 8.40. The first-order chi connectivity index (χ1) is 6.67. The highest BCUT2D eigenvalue weighted by molar-refractivity contribution is 5.76. The molecule has 0 spiro atoms. The molecule has 0 amide bonds. The molecule has 1 heteroatoms. The van der Waals surface area contributed by atoms with Gasteiger partial charge in [0.15, 0.2) is 0 Å². The average Bonchev–Trinajstić information content (AvgIpc) is 2.18. The van der Waals surface area contributed by atoms with E-state index in [1.165, 1.54) is 11.1 Å². The van der Waals surface area contributed by atoms with Crippen LogP contribution in [0.5, 0.6) is 0 Å². The molecule has 0 radical (unpaired) electrons. The van der Waals surface area contributed by atoms with Gasteiger partial charge >= 0.3 is 0 Å². The van der Waals surface area contributed by atoms with Crippen LogP contribution in [0.25, 0.3) is 5.57 Å². The Morgan fingerprint density at radius 3 is 2.57 bits per heavy atom. The summed E-state index contributed by atoms with van der Waals surface area (Å²) in [6.45, 7) is 2.06. The number of hydrogen-bond acceptors (Lipinski definition) is 1. The molecule has 72 valence electrons. The van der Waals surface area contributed by atoms with Gasteiger partial charge in [0.2, 0.25) is 0 Å². The van der Waals surface area contributed by atoms with Gasteiger partial charge in [-0.3, -0.25) is 0 Å². The van der Waals surface area contributed by atoms with E-state index in [1.54, 1.807) is 0 Å². The topological polar surface area (TPSA) is 26.0 Å². The quantitative estimate of drug-likeness (QED) is 0.715. The molecule has 1 aliphatic carbocycles. The molecule has 1 nitrogen and oxygen atoms in total. The van der Waals surface area contributed by atoms with Crippen molar-refractivity contribution in [2.75, 3.05) is 0 Å². The predicted molar refractivity (Wildman–Crippen MR) is 60.8 cm³/mol. The molecule has 2 N–H and O–H groups in total. The lowest BCUT2D eigenvalue weighted by Crippen LogP contribution is -2.34. The first kappa shape index (κ1) is 9.22. The van der Waals surface area contributed by atoms with Crippen LogP contribution in [0.2, 0.25) is 0 Å². The summed E-state index contributed by atoms with van der Waals surface area (Å²) in [4.78, 5) is 0. The van der Waals surface area contributed by atoms with E-state index in [4.69, 9.17) is 5.73 Å². The highest BCUT2D eigenvalue weighted by Gasteiger charge is 2.17. The van der Waals surface area contributed by atoms with Crippen molar-refractivity contribution in [3.05, 3.63) is 54.1 Å². The van der Waals surface area contributed by atoms with Gasteiger partial charge in [0.1, 0.15) is 0 Å². The van der Waals surface area contributed by atoms with Crippen molar-refractivity contribution in [2.24, 2.45) is 5.73 Å². The smallest absolute Gasteiger partial charge is 0.0354 e. The molecule has 2 rings (SSSR count). The molecule has 0 aromatic heterocycles. The fourth-order valence-electron chi connectivity index (χ4n) is 1.71. The van der Waals surface area contributed by atoms with E-state index < -0.39 is 0 Å². The summed E-state index contributed by atoms with van der Waals surface area (Å²) in [6, 6.07) is 10.3. The monoisotopic (exact) mass is 185 g/mol. The van der Waals surface area contributed by atoms with Gasteiger partial charge in [0, 0.05) is 5.54 Å². The number of hydrogen-bond donors (Lipinski definition) is 1. The largest absolute Gasteiger partial charge is 0.322 e. The van der Waals surface area contributed by atoms with E-state index in [0.29, 0.717) is 0 Å². The van der Waals surface area contributed by atoms with Crippen LogP contribution in [0.15, 0.2) is 48.6 Å². The molecule has 1 atom stereocenters. The Bertz CT molecular complexity index is 371. The average molecular weight is 185 g/mol. The SMILES string of the molecule is C[C@]1(N)C=C(c2ccccc2)C=CC1. The van der Waals surface area contributed by atoms with Crippen molar-refractivity contribution in [1.82, 2.24) is 0 Å². The van der Waals surface area contributed by atoms with E-state index in [1.807, 2.05) is 18.2 Å². The van der Waals surface area contributed by atoms with Gasteiger partial charge in [0.25, 0.3) is 0 Å². The third-order valence-electron chi connectivity index (χ3n) is 2.45. The van der Waals surface area contributed by atoms with E-state index in [0.717, 1.165) is 6.42 Å². The number of benzene rings is 1. The fourth-order valence-corrected chi connectivity index (χ4v) is 1.71. The second-order valence-electron chi connectivity index (χ2n) is 4.08. The molecule has 0 heterocycles. The van der Waals surface area contributed by atoms with E-state index in [-0.39, 0.29) is 5.54 Å². The molecule has 1 aliphatic rings. The van der Waals surface area contributed by atoms with Crippen LogP contribution in [0.1, 0.15) is 18.9 Å². The predicted octanol–water partition coefficient (Wildman–Crippen LogP) is 2.75. The number of allylic oxidation sites excluding steroid dienone is 2. The number of rotatable bonds is 1. The van der Waals surface area contributed by atoms with E-state index >= 15 is 0 Å². The van der Waals surface area contributed by atoms with Crippen LogP contribution >= 0.6 is 0 Å². The van der Waals surface area contributed by atoms with Gasteiger partial charge in [-0.2, -0.15) is 0 Å². The zero-order valence-electron chi connectivity index (χ0n) is 8.40. The fraction of sp³-hybridized carbons (Fsp3) is 0.231. The molecule has 0 bridgehead atoms. The minimum Gasteiger partial charge on any atom is -0.322 e. The summed E-state index contributed by atoms with van der Waals surface area (Å²) < 4.78 is 0. The Kier molecular flexibility index (Phi) is 2.26. The van der Waals surface area contributed by atoms with Crippen LogP contribution in [0.4, 0.5) is 0 Å². The normalized spacial score (nSPS) is 26.0. The Morgan fingerprint density at radius 2 is 1.93 bits per heavy atom. The number of nitrogens with two attached hydrogens (primary N) is 1. The third-order valence-corrected chi connectivity index (χ3v) is 2.45. The lowest BCUT2D eigenvalue weighted by atomic mass is 9.88. The van der Waals surface area contributed by atoms with Crippen molar-refractivity contribution in [1.29, 1.82) is 0 Å². The molecule has 0 fully saturated rings. The molecule has 1 aromatic carbocycles. The molecule has 0 unspecified atom stereocenters. The van der Waals surface area contributed by atoms with Gasteiger partial charge in [-0.25, -0.2) is 0 Å². The van der Waals surface area contributed by atoms with Crippen LogP contribution in [0.3, 0.4) is 0 Å². The van der Waals surface area contributed by atoms with Crippen LogP contribution in [-0.2, 0) is 0 Å². The Hall–Kier alpha value is -1.34. The zero-order chi connectivity index (χ0) is 10.0. The Labute approximate surface area is 84.9 Å². The van der Waals surface area contributed by atoms with Crippen molar-refractivity contribution in [3.63, 3.8) is 0 Å². The summed E-state index contributed by atoms with van der Waals surface area (Å²) in [5, 5.41) is 0. The van der Waals surface area contributed by atoms with Crippen molar-refractivity contribution >= 4 is 5.57 Å². The first-order valence-electron chi connectivity index (χ1n) is 4.91. The lowest BCUT2D eigenvalue weighted by molar-refractivity contribution is 0.592. The first-order valence-corrected chi connectivity index (χ1v) is 4.91. The molecular formula is C13H15N. The maximum absolute atomic E-state index is 6.08. The summed E-state index contributed by atoms with van der Waals surface area (Å²) in [6.07, 6.45) is 7.35. The maximum Gasteiger partial charge on any atom is 0.0354 e. The summed E-state index contributed by atoms with van der Waals surface area (Å²) >= 11 is 0. The molecule has 1 aromatic rings. The summed E-state index contributed by atoms with van der Waals surface area (Å²) in [7, 11) is 0. The Balaban J connectivity index is 2.36. The maximum atomic E-state index is 6.08. The molecule has 0 saturated carbocycles. The van der Waals surface area contributed by atoms with Gasteiger partial charge in [-0.05, 0) is 24.5 Å². The van der Waals surface area contributed by atoms with Crippen molar-refractivity contribution in [3.8, 4) is 0 Å². The van der Waals surface area contributed by atoms with Crippen LogP contribution < -0.4 is 5.73 Å². The molecule has 0 saturated heterocycles. The Morgan fingerprint density at radius 1 is 1.21 bits per heavy atom. The minimum absolute atomic E-state index is 0.195. The van der Waals surface area contributed by atoms with E-state index in [9.17, 15) is 0 Å². The second-order valence-corrected chi connectivity index (χ2v) is 4.08. The van der Waals surface area contributed by atoms with Gasteiger partial charge in [-0.15, -0.1) is 0 Å². The van der Waals surface area contributed by atoms with Gasteiger partial charge in [0.05, 0.1) is 0 Å². The third kappa shape index (κ3) is 1.94. The standard InChI is InChI=1S/C13H15N/c1-13(14)9-5-8-12(10-13)11-6-3-2-4-7-11/h2-8,10H,9,14H2,1H3/t13-/m1/s1. The van der Waals surface area contributed by atoms with Gasteiger partial charge < -0.3 is 5.73 Å². The van der Waals surface area contributed by atoms with Crippen molar-refractivity contribution < 1.29 is 0 Å². The minimum atomic E-state index is -0.195. The summed E-state index contributed by atoms with van der Waals surface area (Å²) in [5.74, 6) is 0. The highest BCUT2D eigenvalue weighted by Crippen LogP contribution is 2.25. The lowest BCUT2D eigenvalue weighted by Gasteiger charge is -2.23. The molecule has 14 heavy (non-hydrogen) atoms. The molecule has 0 aliphatic heterocycles. The van der Waals surface area contributed by atoms with E-state index in [2.05, 4.69) is 37.3 Å². The van der Waals surface area contributed by atoms with Crippen LogP contribution in [0, 0.1) is 0 Å². The van der Waals surface area contributed by atoms with Crippen molar-refractivity contribution in [2.45, 2.75) is 18.9 Å². The second kappa shape index (κ2) is 3.43. The molecular weight excluding hydrogens is 170 g/mol. The van der Waals surface area contributed by atoms with Crippen LogP contribution in [-0.4, -0.2) is 5.54 Å². The summed E-state index contributed by atoms with van der Waals surface area (Å²) in [5.41, 5.74) is 8.34.